The number of nitrogens with zero attached hydrogens (tertiary/aromatic N) is 3. The Kier molecular flexibility index (Phi) is 3.44. The smallest absolute Gasteiger partial charge is 0.176 e. The van der Waals surface area contributed by atoms with E-state index in [1.54, 1.807) is 0 Å². The molecule has 2 aromatic carbocycles. The second-order valence-electron chi connectivity index (χ2n) is 4.95. The molecule has 0 aliphatic rings. The molecule has 106 valence electrons. The molecule has 0 bridgehead atoms. The highest BCUT2D eigenvalue weighted by molar-refractivity contribution is 5.82. The predicted octanol–water partition coefficient (Wildman–Crippen LogP) is 3.68. The molecule has 1 heterocycles. The maximum Gasteiger partial charge on any atom is 0.176 e. The lowest BCUT2D eigenvalue weighted by atomic mass is 10.2. The minimum atomic E-state index is 0.457. The summed E-state index contributed by atoms with van der Waals surface area (Å²) >= 11 is 0. The van der Waals surface area contributed by atoms with Crippen molar-refractivity contribution in [3.8, 4) is 0 Å². The highest BCUT2D eigenvalue weighted by atomic mass is 15.2. The average molecular weight is 278 g/mol. The van der Waals surface area contributed by atoms with Crippen molar-refractivity contribution in [1.82, 2.24) is 9.97 Å². The molecule has 2 N–H and O–H groups in total. The van der Waals surface area contributed by atoms with Crippen LogP contribution in [0.5, 0.6) is 0 Å². The van der Waals surface area contributed by atoms with Gasteiger partial charge in [0.2, 0.25) is 0 Å². The van der Waals surface area contributed by atoms with E-state index in [-0.39, 0.29) is 0 Å². The van der Waals surface area contributed by atoms with Gasteiger partial charge >= 0.3 is 0 Å². The summed E-state index contributed by atoms with van der Waals surface area (Å²) in [6, 6.07) is 16.0. The van der Waals surface area contributed by atoms with E-state index in [0.29, 0.717) is 11.6 Å². The minimum absolute atomic E-state index is 0.457. The lowest BCUT2D eigenvalue weighted by Crippen LogP contribution is -2.20. The van der Waals surface area contributed by atoms with Crippen LogP contribution in [0.4, 0.5) is 17.3 Å². The van der Waals surface area contributed by atoms with Crippen LogP contribution in [-0.4, -0.2) is 16.5 Å². The molecule has 0 saturated carbocycles. The van der Waals surface area contributed by atoms with Crippen LogP contribution in [0.2, 0.25) is 0 Å². The van der Waals surface area contributed by atoms with Crippen molar-refractivity contribution < 1.29 is 0 Å². The minimum Gasteiger partial charge on any atom is -0.381 e. The summed E-state index contributed by atoms with van der Waals surface area (Å²) in [6.07, 6.45) is 0. The monoisotopic (exact) mass is 278 g/mol. The predicted molar refractivity (Wildman–Crippen MR) is 87.8 cm³/mol. The summed E-state index contributed by atoms with van der Waals surface area (Å²) in [6.45, 7) is 4.95. The molecule has 4 nitrogen and oxygen atoms in total. The summed E-state index contributed by atoms with van der Waals surface area (Å²) in [5.74, 6) is 1.17. The Bertz CT molecular complexity index is 783. The average Bonchev–Trinajstić information content (AvgIpc) is 2.50. The molecule has 3 rings (SSSR count). The Morgan fingerprint density at radius 3 is 2.24 bits per heavy atom. The number of hydrogen-bond donors (Lipinski definition) is 1. The second-order valence-corrected chi connectivity index (χ2v) is 4.95. The molecule has 4 heteroatoms. The molecule has 0 aliphatic carbocycles. The number of rotatable bonds is 3. The van der Waals surface area contributed by atoms with Crippen molar-refractivity contribution in [3.05, 3.63) is 54.1 Å². The van der Waals surface area contributed by atoms with E-state index in [0.717, 1.165) is 23.3 Å². The zero-order valence-electron chi connectivity index (χ0n) is 12.2. The molecular weight excluding hydrogens is 260 g/mol. The molecule has 0 aliphatic heterocycles. The molecule has 0 amide bonds. The van der Waals surface area contributed by atoms with E-state index >= 15 is 0 Å². The third kappa shape index (κ3) is 2.40. The molecule has 21 heavy (non-hydrogen) atoms. The number of fused-ring (bicyclic) bond motifs is 1. The summed E-state index contributed by atoms with van der Waals surface area (Å²) in [5.41, 5.74) is 10.1. The zero-order chi connectivity index (χ0) is 14.8. The molecule has 0 saturated heterocycles. The summed E-state index contributed by atoms with van der Waals surface area (Å²) in [5, 5.41) is 0. The molecule has 3 aromatic rings. The van der Waals surface area contributed by atoms with Crippen LogP contribution in [0.1, 0.15) is 12.5 Å². The topological polar surface area (TPSA) is 55.0 Å². The zero-order valence-corrected chi connectivity index (χ0v) is 12.2. The van der Waals surface area contributed by atoms with Gasteiger partial charge in [-0.2, -0.15) is 0 Å². The number of aryl methyl sites for hydroxylation is 1. The highest BCUT2D eigenvalue weighted by Gasteiger charge is 2.15. The van der Waals surface area contributed by atoms with E-state index in [1.165, 1.54) is 5.56 Å². The maximum atomic E-state index is 6.14. The first-order valence-corrected chi connectivity index (χ1v) is 7.06. The van der Waals surface area contributed by atoms with E-state index in [9.17, 15) is 0 Å². The number of aromatic nitrogens is 2. The van der Waals surface area contributed by atoms with Crippen molar-refractivity contribution in [2.24, 2.45) is 0 Å². The quantitative estimate of drug-likeness (QED) is 0.794. The van der Waals surface area contributed by atoms with Crippen molar-refractivity contribution >= 4 is 28.4 Å². The lowest BCUT2D eigenvalue weighted by Gasteiger charge is -2.25. The first-order valence-electron chi connectivity index (χ1n) is 7.06. The Morgan fingerprint density at radius 1 is 0.952 bits per heavy atom. The van der Waals surface area contributed by atoms with Crippen LogP contribution in [0.3, 0.4) is 0 Å². The van der Waals surface area contributed by atoms with Gasteiger partial charge in [-0.15, -0.1) is 0 Å². The summed E-state index contributed by atoms with van der Waals surface area (Å²) in [4.78, 5) is 11.3. The van der Waals surface area contributed by atoms with Crippen LogP contribution in [0, 0.1) is 6.92 Å². The first kappa shape index (κ1) is 13.4. The molecule has 1 aromatic heterocycles. The van der Waals surface area contributed by atoms with Crippen molar-refractivity contribution in [2.45, 2.75) is 13.8 Å². The van der Waals surface area contributed by atoms with Gasteiger partial charge in [-0.1, -0.05) is 30.3 Å². The lowest BCUT2D eigenvalue weighted by molar-refractivity contribution is 0.985. The Hall–Kier alpha value is -2.62. The number of nitrogens with two attached hydrogens (primary N) is 1. The fraction of sp³-hybridized carbons (Fsp3) is 0.176. The molecule has 0 unspecified atom stereocenters. The molecule has 0 radical (unpaired) electrons. The Morgan fingerprint density at radius 2 is 1.57 bits per heavy atom. The van der Waals surface area contributed by atoms with Gasteiger partial charge < -0.3 is 10.6 Å². The standard InChI is InChI=1S/C17H18N4/c1-3-21(15-11-7-4-8-12(15)2)17-16(18)19-13-9-5-6-10-14(13)20-17/h4-11H,3H2,1-2H3,(H2,18,19). The van der Waals surface area contributed by atoms with E-state index in [2.05, 4.69) is 35.9 Å². The number of benzene rings is 2. The number of nitrogen functional groups attached to an aromatic ring is 1. The molecule has 0 spiro atoms. The molecule has 0 fully saturated rings. The van der Waals surface area contributed by atoms with Gasteiger partial charge in [0.15, 0.2) is 11.6 Å². The van der Waals surface area contributed by atoms with Gasteiger partial charge in [0.1, 0.15) is 0 Å². The summed E-state index contributed by atoms with van der Waals surface area (Å²) in [7, 11) is 0. The maximum absolute atomic E-state index is 6.14. The van der Waals surface area contributed by atoms with Crippen molar-refractivity contribution in [2.75, 3.05) is 17.2 Å². The van der Waals surface area contributed by atoms with Gasteiger partial charge in [0, 0.05) is 12.2 Å². The van der Waals surface area contributed by atoms with Crippen LogP contribution in [-0.2, 0) is 0 Å². The summed E-state index contributed by atoms with van der Waals surface area (Å²) < 4.78 is 0. The second kappa shape index (κ2) is 5.40. The van der Waals surface area contributed by atoms with E-state index in [4.69, 9.17) is 10.7 Å². The van der Waals surface area contributed by atoms with Crippen molar-refractivity contribution in [1.29, 1.82) is 0 Å². The molecular formula is C17H18N4. The first-order chi connectivity index (χ1) is 10.2. The van der Waals surface area contributed by atoms with Crippen molar-refractivity contribution in [3.63, 3.8) is 0 Å². The SMILES string of the molecule is CCN(c1ccccc1C)c1nc2ccccc2nc1N. The van der Waals surface area contributed by atoms with Crippen LogP contribution in [0.15, 0.2) is 48.5 Å². The molecule has 0 atom stereocenters. The number of anilines is 3. The third-order valence-corrected chi connectivity index (χ3v) is 3.56. The Balaban J connectivity index is 2.17. The van der Waals surface area contributed by atoms with Crippen LogP contribution < -0.4 is 10.6 Å². The fourth-order valence-electron chi connectivity index (χ4n) is 2.50. The van der Waals surface area contributed by atoms with E-state index < -0.39 is 0 Å². The highest BCUT2D eigenvalue weighted by Crippen LogP contribution is 2.30. The van der Waals surface area contributed by atoms with Gasteiger partial charge in [-0.3, -0.25) is 0 Å². The van der Waals surface area contributed by atoms with Gasteiger partial charge in [0.25, 0.3) is 0 Å². The largest absolute Gasteiger partial charge is 0.381 e. The Labute approximate surface area is 124 Å². The van der Waals surface area contributed by atoms with Gasteiger partial charge in [-0.05, 0) is 37.6 Å². The van der Waals surface area contributed by atoms with E-state index in [1.807, 2.05) is 36.4 Å². The number of hydrogen-bond acceptors (Lipinski definition) is 4. The number of para-hydroxylation sites is 3. The van der Waals surface area contributed by atoms with Gasteiger partial charge in [0.05, 0.1) is 11.0 Å². The van der Waals surface area contributed by atoms with Crippen LogP contribution in [0.25, 0.3) is 11.0 Å². The fourth-order valence-corrected chi connectivity index (χ4v) is 2.50. The third-order valence-electron chi connectivity index (χ3n) is 3.56. The normalized spacial score (nSPS) is 10.8. The van der Waals surface area contributed by atoms with Gasteiger partial charge in [-0.25, -0.2) is 9.97 Å². The van der Waals surface area contributed by atoms with Crippen LogP contribution >= 0.6 is 0 Å².